The van der Waals surface area contributed by atoms with E-state index in [4.69, 9.17) is 0 Å². The first-order chi connectivity index (χ1) is 12.3. The van der Waals surface area contributed by atoms with E-state index in [0.29, 0.717) is 17.2 Å². The van der Waals surface area contributed by atoms with E-state index in [1.807, 2.05) is 6.33 Å². The van der Waals surface area contributed by atoms with E-state index < -0.39 is 0 Å². The number of aromatic nitrogens is 3. The Morgan fingerprint density at radius 1 is 1.12 bits per heavy atom. The second-order valence-electron chi connectivity index (χ2n) is 9.11. The van der Waals surface area contributed by atoms with Gasteiger partial charge >= 0.3 is 0 Å². The Kier molecular flexibility index (Phi) is 3.86. The van der Waals surface area contributed by atoms with E-state index in [-0.39, 0.29) is 5.92 Å². The van der Waals surface area contributed by atoms with Gasteiger partial charge in [-0.1, -0.05) is 25.7 Å². The number of carbonyl (C=O) groups excluding carboxylic acids is 1. The molecule has 25 heavy (non-hydrogen) atoms. The molecule has 1 aromatic heterocycles. The molecule has 1 aliphatic heterocycles. The Labute approximate surface area is 150 Å². The van der Waals surface area contributed by atoms with Crippen LogP contribution in [0, 0.1) is 17.3 Å². The summed E-state index contributed by atoms with van der Waals surface area (Å²) >= 11 is 0. The number of nitrogens with zero attached hydrogens (tertiary/aromatic N) is 4. The smallest absolute Gasteiger partial charge is 0.225 e. The summed E-state index contributed by atoms with van der Waals surface area (Å²) in [4.78, 5) is 15.3. The normalized spacial score (nSPS) is 29.1. The molecule has 0 radical (unpaired) electrons. The summed E-state index contributed by atoms with van der Waals surface area (Å²) in [5, 5.41) is 8.78. The van der Waals surface area contributed by atoms with E-state index in [1.54, 1.807) is 0 Å². The van der Waals surface area contributed by atoms with Gasteiger partial charge in [-0.25, -0.2) is 0 Å². The minimum absolute atomic E-state index is 0.286. The largest absolute Gasteiger partial charge is 0.341 e. The van der Waals surface area contributed by atoms with Crippen molar-refractivity contribution >= 4 is 5.91 Å². The maximum Gasteiger partial charge on any atom is 0.225 e. The Hall–Kier alpha value is -1.39. The molecule has 136 valence electrons. The SMILES string of the molecule is O=C(C1CCCCC1)N1CC(c2nncn2CC2CC2)C2(CCC2)C1. The van der Waals surface area contributed by atoms with Crippen molar-refractivity contribution in [2.75, 3.05) is 13.1 Å². The van der Waals surface area contributed by atoms with Crippen LogP contribution in [0.3, 0.4) is 0 Å². The summed E-state index contributed by atoms with van der Waals surface area (Å²) in [6.45, 7) is 2.91. The van der Waals surface area contributed by atoms with Gasteiger partial charge in [-0.15, -0.1) is 10.2 Å². The Morgan fingerprint density at radius 2 is 1.92 bits per heavy atom. The molecule has 0 bridgehead atoms. The molecule has 0 aromatic carbocycles. The molecule has 1 unspecified atom stereocenters. The van der Waals surface area contributed by atoms with Crippen molar-refractivity contribution in [3.63, 3.8) is 0 Å². The van der Waals surface area contributed by atoms with Gasteiger partial charge in [-0.05, 0) is 49.9 Å². The van der Waals surface area contributed by atoms with Crippen molar-refractivity contribution in [2.45, 2.75) is 76.7 Å². The van der Waals surface area contributed by atoms with Gasteiger partial charge in [-0.2, -0.15) is 0 Å². The van der Waals surface area contributed by atoms with Crippen LogP contribution in [0.5, 0.6) is 0 Å². The van der Waals surface area contributed by atoms with Crippen LogP contribution in [-0.4, -0.2) is 38.7 Å². The Bertz CT molecular complexity index is 640. The zero-order valence-electron chi connectivity index (χ0n) is 15.2. The maximum atomic E-state index is 13.1. The fourth-order valence-corrected chi connectivity index (χ4v) is 5.49. The van der Waals surface area contributed by atoms with Crippen molar-refractivity contribution in [1.82, 2.24) is 19.7 Å². The first-order valence-corrected chi connectivity index (χ1v) is 10.4. The molecule has 5 heteroatoms. The third kappa shape index (κ3) is 2.80. The molecular formula is C20H30N4O. The average molecular weight is 342 g/mol. The van der Waals surface area contributed by atoms with Crippen molar-refractivity contribution in [2.24, 2.45) is 17.3 Å². The highest BCUT2D eigenvalue weighted by Gasteiger charge is 2.54. The summed E-state index contributed by atoms with van der Waals surface area (Å²) in [6, 6.07) is 0. The van der Waals surface area contributed by atoms with Crippen LogP contribution < -0.4 is 0 Å². The highest BCUT2D eigenvalue weighted by Crippen LogP contribution is 2.55. The second kappa shape index (κ2) is 6.10. The Morgan fingerprint density at radius 3 is 2.60 bits per heavy atom. The molecule has 1 spiro atoms. The summed E-state index contributed by atoms with van der Waals surface area (Å²) < 4.78 is 2.30. The highest BCUT2D eigenvalue weighted by atomic mass is 16.2. The number of carbonyl (C=O) groups is 1. The molecule has 0 N–H and O–H groups in total. The maximum absolute atomic E-state index is 13.1. The fraction of sp³-hybridized carbons (Fsp3) is 0.850. The van der Waals surface area contributed by atoms with Gasteiger partial charge in [0.15, 0.2) is 0 Å². The average Bonchev–Trinajstić information content (AvgIpc) is 3.15. The molecule has 5 rings (SSSR count). The first-order valence-electron chi connectivity index (χ1n) is 10.4. The zero-order valence-corrected chi connectivity index (χ0v) is 15.2. The number of rotatable bonds is 4. The topological polar surface area (TPSA) is 51.0 Å². The predicted octanol–water partition coefficient (Wildman–Crippen LogP) is 3.36. The Balaban J connectivity index is 1.36. The summed E-state index contributed by atoms with van der Waals surface area (Å²) in [5.74, 6) is 3.10. The van der Waals surface area contributed by atoms with Gasteiger partial charge in [0.2, 0.25) is 5.91 Å². The number of amides is 1. The van der Waals surface area contributed by atoms with Crippen LogP contribution in [0.4, 0.5) is 0 Å². The molecule has 4 aliphatic rings. The highest BCUT2D eigenvalue weighted by molar-refractivity contribution is 5.79. The van der Waals surface area contributed by atoms with Crippen molar-refractivity contribution in [3.8, 4) is 0 Å². The summed E-state index contributed by atoms with van der Waals surface area (Å²) in [5.41, 5.74) is 0.290. The van der Waals surface area contributed by atoms with Gasteiger partial charge in [-0.3, -0.25) is 4.79 Å². The molecule has 2 heterocycles. The van der Waals surface area contributed by atoms with Crippen LogP contribution in [0.25, 0.3) is 0 Å². The van der Waals surface area contributed by atoms with Gasteiger partial charge in [0.25, 0.3) is 0 Å². The second-order valence-corrected chi connectivity index (χ2v) is 9.11. The minimum atomic E-state index is 0.286. The van der Waals surface area contributed by atoms with Crippen molar-refractivity contribution in [1.29, 1.82) is 0 Å². The quantitative estimate of drug-likeness (QED) is 0.843. The lowest BCUT2D eigenvalue weighted by Crippen LogP contribution is -2.40. The van der Waals surface area contributed by atoms with E-state index >= 15 is 0 Å². The summed E-state index contributed by atoms with van der Waals surface area (Å²) in [7, 11) is 0. The lowest BCUT2D eigenvalue weighted by Gasteiger charge is -2.42. The number of hydrogen-bond donors (Lipinski definition) is 0. The van der Waals surface area contributed by atoms with Gasteiger partial charge < -0.3 is 9.47 Å². The lowest BCUT2D eigenvalue weighted by molar-refractivity contribution is -0.136. The fourth-order valence-electron chi connectivity index (χ4n) is 5.49. The third-order valence-corrected chi connectivity index (χ3v) is 7.37. The molecule has 3 aliphatic carbocycles. The van der Waals surface area contributed by atoms with Gasteiger partial charge in [0.1, 0.15) is 12.2 Å². The van der Waals surface area contributed by atoms with Crippen LogP contribution in [0.1, 0.15) is 76.0 Å². The molecular weight excluding hydrogens is 312 g/mol. The standard InChI is InChI=1S/C20H30N4O/c25-19(16-5-2-1-3-6-16)23-12-17(20(13-23)9-4-10-20)18-22-21-14-24(18)11-15-7-8-15/h14-17H,1-13H2. The molecule has 3 saturated carbocycles. The molecule has 5 nitrogen and oxygen atoms in total. The summed E-state index contributed by atoms with van der Waals surface area (Å²) in [6.07, 6.45) is 14.4. The number of likely N-dealkylation sites (tertiary alicyclic amines) is 1. The molecule has 4 fully saturated rings. The van der Waals surface area contributed by atoms with E-state index in [2.05, 4.69) is 19.7 Å². The van der Waals surface area contributed by atoms with Gasteiger partial charge in [0, 0.05) is 31.5 Å². The zero-order chi connectivity index (χ0) is 16.9. The predicted molar refractivity (Wildman–Crippen MR) is 94.9 cm³/mol. The van der Waals surface area contributed by atoms with Crippen molar-refractivity contribution in [3.05, 3.63) is 12.2 Å². The minimum Gasteiger partial charge on any atom is -0.341 e. The van der Waals surface area contributed by atoms with Crippen LogP contribution in [0.2, 0.25) is 0 Å². The lowest BCUT2D eigenvalue weighted by atomic mass is 9.62. The van der Waals surface area contributed by atoms with E-state index in [0.717, 1.165) is 44.2 Å². The molecule has 1 saturated heterocycles. The van der Waals surface area contributed by atoms with Crippen molar-refractivity contribution < 1.29 is 4.79 Å². The van der Waals surface area contributed by atoms with Gasteiger partial charge in [0.05, 0.1) is 0 Å². The number of hydrogen-bond acceptors (Lipinski definition) is 3. The first kappa shape index (κ1) is 15.8. The van der Waals surface area contributed by atoms with E-state index in [9.17, 15) is 4.79 Å². The monoisotopic (exact) mass is 342 g/mol. The van der Waals surface area contributed by atoms with E-state index in [1.165, 1.54) is 51.4 Å². The van der Waals surface area contributed by atoms with Crippen LogP contribution in [0.15, 0.2) is 6.33 Å². The molecule has 1 aromatic rings. The molecule has 1 atom stereocenters. The third-order valence-electron chi connectivity index (χ3n) is 7.37. The molecule has 1 amide bonds. The van der Waals surface area contributed by atoms with Crippen LogP contribution in [-0.2, 0) is 11.3 Å². The van der Waals surface area contributed by atoms with Crippen LogP contribution >= 0.6 is 0 Å².